The first kappa shape index (κ1) is 14.2. The SMILES string of the molecule is Fc1ccc(C2CC(NCC3=CCCOC3)C2)cc1Br. The molecule has 1 aromatic rings. The number of hydrogen-bond donors (Lipinski definition) is 1. The Balaban J connectivity index is 1.46. The molecule has 0 unspecified atom stereocenters. The molecule has 1 fully saturated rings. The molecule has 0 amide bonds. The summed E-state index contributed by atoms with van der Waals surface area (Å²) in [7, 11) is 0. The zero-order valence-corrected chi connectivity index (χ0v) is 13.0. The summed E-state index contributed by atoms with van der Waals surface area (Å²) in [5, 5.41) is 3.58. The van der Waals surface area contributed by atoms with Crippen LogP contribution in [0.15, 0.2) is 34.3 Å². The van der Waals surface area contributed by atoms with Crippen molar-refractivity contribution in [1.29, 1.82) is 0 Å². The van der Waals surface area contributed by atoms with Crippen molar-refractivity contribution in [2.75, 3.05) is 19.8 Å². The van der Waals surface area contributed by atoms with Gasteiger partial charge in [0.25, 0.3) is 0 Å². The van der Waals surface area contributed by atoms with Crippen molar-refractivity contribution in [1.82, 2.24) is 5.32 Å². The molecule has 0 bridgehead atoms. The average Bonchev–Trinajstić information content (AvgIpc) is 2.42. The topological polar surface area (TPSA) is 21.3 Å². The highest BCUT2D eigenvalue weighted by Crippen LogP contribution is 2.38. The molecule has 1 N–H and O–H groups in total. The van der Waals surface area contributed by atoms with Crippen LogP contribution in [0.5, 0.6) is 0 Å². The van der Waals surface area contributed by atoms with Crippen molar-refractivity contribution in [3.05, 3.63) is 45.7 Å². The van der Waals surface area contributed by atoms with Crippen molar-refractivity contribution in [3.8, 4) is 0 Å². The number of ether oxygens (including phenoxy) is 1. The van der Waals surface area contributed by atoms with E-state index in [1.807, 2.05) is 12.1 Å². The van der Waals surface area contributed by atoms with E-state index in [2.05, 4.69) is 27.3 Å². The minimum Gasteiger partial charge on any atom is -0.377 e. The molecule has 0 saturated heterocycles. The second-order valence-electron chi connectivity index (χ2n) is 5.62. The molecule has 0 atom stereocenters. The molecule has 4 heteroatoms. The number of rotatable bonds is 4. The van der Waals surface area contributed by atoms with Crippen LogP contribution in [0.3, 0.4) is 0 Å². The summed E-state index contributed by atoms with van der Waals surface area (Å²) in [5.41, 5.74) is 2.60. The lowest BCUT2D eigenvalue weighted by Gasteiger charge is -2.37. The molecule has 0 spiro atoms. The Morgan fingerprint density at radius 1 is 1.35 bits per heavy atom. The molecule has 2 nitrogen and oxygen atoms in total. The lowest BCUT2D eigenvalue weighted by Crippen LogP contribution is -2.41. The van der Waals surface area contributed by atoms with Gasteiger partial charge in [-0.25, -0.2) is 4.39 Å². The third-order valence-electron chi connectivity index (χ3n) is 4.15. The van der Waals surface area contributed by atoms with E-state index in [1.165, 1.54) is 11.1 Å². The Kier molecular flexibility index (Phi) is 4.54. The van der Waals surface area contributed by atoms with E-state index in [0.29, 0.717) is 16.4 Å². The second-order valence-corrected chi connectivity index (χ2v) is 6.48. The first-order valence-corrected chi connectivity index (χ1v) is 7.95. The number of halogens is 2. The van der Waals surface area contributed by atoms with Crippen LogP contribution < -0.4 is 5.32 Å². The Labute approximate surface area is 127 Å². The van der Waals surface area contributed by atoms with Crippen LogP contribution >= 0.6 is 15.9 Å². The first-order valence-electron chi connectivity index (χ1n) is 7.16. The summed E-state index contributed by atoms with van der Waals surface area (Å²) in [5.74, 6) is 0.368. The van der Waals surface area contributed by atoms with E-state index >= 15 is 0 Å². The fourth-order valence-corrected chi connectivity index (χ4v) is 3.23. The molecule has 0 aromatic heterocycles. The summed E-state index contributed by atoms with van der Waals surface area (Å²) >= 11 is 3.25. The first-order chi connectivity index (χ1) is 9.72. The maximum atomic E-state index is 13.2. The van der Waals surface area contributed by atoms with Crippen LogP contribution in [-0.4, -0.2) is 25.8 Å². The fourth-order valence-electron chi connectivity index (χ4n) is 2.83. The molecule has 108 valence electrons. The Bertz CT molecular complexity index is 511. The predicted molar refractivity (Wildman–Crippen MR) is 81.4 cm³/mol. The molecule has 1 saturated carbocycles. The highest BCUT2D eigenvalue weighted by atomic mass is 79.9. The normalized spacial score (nSPS) is 26.0. The second kappa shape index (κ2) is 6.37. The molecule has 2 aliphatic rings. The molecule has 1 aromatic carbocycles. The molecular formula is C16H19BrFNO. The highest BCUT2D eigenvalue weighted by Gasteiger charge is 2.30. The van der Waals surface area contributed by atoms with Crippen molar-refractivity contribution < 1.29 is 9.13 Å². The van der Waals surface area contributed by atoms with Gasteiger partial charge in [-0.05, 0) is 64.4 Å². The van der Waals surface area contributed by atoms with E-state index < -0.39 is 0 Å². The Hall–Kier alpha value is -0.710. The quantitative estimate of drug-likeness (QED) is 0.843. The van der Waals surface area contributed by atoms with Crippen LogP contribution in [0, 0.1) is 5.82 Å². The van der Waals surface area contributed by atoms with Gasteiger partial charge in [-0.2, -0.15) is 0 Å². The minimum absolute atomic E-state index is 0.188. The summed E-state index contributed by atoms with van der Waals surface area (Å²) < 4.78 is 19.2. The third-order valence-corrected chi connectivity index (χ3v) is 4.76. The van der Waals surface area contributed by atoms with Gasteiger partial charge in [0.15, 0.2) is 0 Å². The summed E-state index contributed by atoms with van der Waals surface area (Å²) in [4.78, 5) is 0. The molecule has 0 radical (unpaired) electrons. The molecular weight excluding hydrogens is 321 g/mol. The number of hydrogen-bond acceptors (Lipinski definition) is 2. The molecule has 3 rings (SSSR count). The monoisotopic (exact) mass is 339 g/mol. The van der Waals surface area contributed by atoms with E-state index in [9.17, 15) is 4.39 Å². The van der Waals surface area contributed by atoms with Crippen molar-refractivity contribution in [2.45, 2.75) is 31.2 Å². The lowest BCUT2D eigenvalue weighted by atomic mass is 9.76. The molecule has 1 aliphatic carbocycles. The van der Waals surface area contributed by atoms with Crippen molar-refractivity contribution >= 4 is 15.9 Å². The lowest BCUT2D eigenvalue weighted by molar-refractivity contribution is 0.147. The number of benzene rings is 1. The van der Waals surface area contributed by atoms with Gasteiger partial charge in [0.2, 0.25) is 0 Å². The third kappa shape index (κ3) is 3.30. The van der Waals surface area contributed by atoms with Gasteiger partial charge >= 0.3 is 0 Å². The van der Waals surface area contributed by atoms with Crippen LogP contribution in [0.4, 0.5) is 4.39 Å². The molecule has 20 heavy (non-hydrogen) atoms. The maximum Gasteiger partial charge on any atom is 0.137 e. The van der Waals surface area contributed by atoms with Crippen LogP contribution in [0.25, 0.3) is 0 Å². The van der Waals surface area contributed by atoms with Gasteiger partial charge in [0, 0.05) is 12.6 Å². The summed E-state index contributed by atoms with van der Waals surface area (Å²) in [6.07, 6.45) is 5.58. The molecule has 1 heterocycles. The van der Waals surface area contributed by atoms with Gasteiger partial charge in [-0.3, -0.25) is 0 Å². The number of nitrogens with one attached hydrogen (secondary N) is 1. The zero-order valence-electron chi connectivity index (χ0n) is 11.4. The van der Waals surface area contributed by atoms with Gasteiger partial charge in [-0.15, -0.1) is 0 Å². The van der Waals surface area contributed by atoms with Crippen molar-refractivity contribution in [2.24, 2.45) is 0 Å². The fraction of sp³-hybridized carbons (Fsp3) is 0.500. The van der Waals surface area contributed by atoms with E-state index in [-0.39, 0.29) is 5.82 Å². The van der Waals surface area contributed by atoms with E-state index in [1.54, 1.807) is 6.07 Å². The van der Waals surface area contributed by atoms with Crippen LogP contribution in [0.1, 0.15) is 30.7 Å². The Morgan fingerprint density at radius 2 is 2.20 bits per heavy atom. The standard InChI is InChI=1S/C16H19BrFNO/c17-15-8-12(3-4-16(15)18)13-6-14(7-13)19-9-11-2-1-5-20-10-11/h2-4,8,13-14,19H,1,5-7,9-10H2. The van der Waals surface area contributed by atoms with E-state index in [0.717, 1.165) is 39.0 Å². The highest BCUT2D eigenvalue weighted by molar-refractivity contribution is 9.10. The predicted octanol–water partition coefficient (Wildman–Crippen LogP) is 3.77. The summed E-state index contributed by atoms with van der Waals surface area (Å²) in [6.45, 7) is 2.56. The maximum absolute atomic E-state index is 13.2. The zero-order chi connectivity index (χ0) is 13.9. The average molecular weight is 340 g/mol. The van der Waals surface area contributed by atoms with E-state index in [4.69, 9.17) is 4.74 Å². The van der Waals surface area contributed by atoms with Gasteiger partial charge in [-0.1, -0.05) is 12.1 Å². The Morgan fingerprint density at radius 3 is 2.90 bits per heavy atom. The smallest absolute Gasteiger partial charge is 0.137 e. The van der Waals surface area contributed by atoms with Gasteiger partial charge < -0.3 is 10.1 Å². The minimum atomic E-state index is -0.188. The largest absolute Gasteiger partial charge is 0.377 e. The molecule has 1 aliphatic heterocycles. The van der Waals surface area contributed by atoms with Crippen LogP contribution in [0.2, 0.25) is 0 Å². The van der Waals surface area contributed by atoms with Crippen molar-refractivity contribution in [3.63, 3.8) is 0 Å². The van der Waals surface area contributed by atoms with Crippen LogP contribution in [-0.2, 0) is 4.74 Å². The van der Waals surface area contributed by atoms with Gasteiger partial charge in [0.1, 0.15) is 5.82 Å². The van der Waals surface area contributed by atoms with Gasteiger partial charge in [0.05, 0.1) is 17.7 Å². The summed E-state index contributed by atoms with van der Waals surface area (Å²) in [6, 6.07) is 5.93.